The van der Waals surface area contributed by atoms with Gasteiger partial charge in [-0.25, -0.2) is 4.79 Å². The maximum atomic E-state index is 12.6. The Balaban J connectivity index is 1.24. The summed E-state index contributed by atoms with van der Waals surface area (Å²) in [6, 6.07) is 65.4. The molecule has 0 unspecified atom stereocenters. The van der Waals surface area contributed by atoms with Gasteiger partial charge >= 0.3 is 5.97 Å². The SMILES string of the molecule is COC(=O)c1ccc(O[C@@H]2O[C@H](COC(c3ccccc3)(c3ccccc3)c3ccccc3)[C@@H](OCc3ccccc3)[C@H](OCc3ccccc3)[C@H]2OCc2ccccc2)c(OC)c1. The molecule has 0 N–H and O–H groups in total. The molecule has 0 bridgehead atoms. The van der Waals surface area contributed by atoms with Gasteiger partial charge in [-0.3, -0.25) is 0 Å². The van der Waals surface area contributed by atoms with E-state index in [1.54, 1.807) is 18.2 Å². The summed E-state index contributed by atoms with van der Waals surface area (Å²) in [5, 5.41) is 0. The fraction of sp³-hybridized carbons (Fsp3) is 0.218. The number of hydrogen-bond acceptors (Lipinski definition) is 9. The zero-order valence-corrected chi connectivity index (χ0v) is 35.9. The predicted octanol–water partition coefficient (Wildman–Crippen LogP) is 10.4. The lowest BCUT2D eigenvalue weighted by Gasteiger charge is -2.47. The highest BCUT2D eigenvalue weighted by molar-refractivity contribution is 5.90. The zero-order valence-electron chi connectivity index (χ0n) is 35.9. The van der Waals surface area contributed by atoms with Crippen molar-refractivity contribution < 1.29 is 42.7 Å². The Hall–Kier alpha value is -6.59. The number of carbonyl (C=O) groups excluding carboxylic acids is 1. The summed E-state index contributed by atoms with van der Waals surface area (Å²) in [5.74, 6) is 0.124. The van der Waals surface area contributed by atoms with Crippen molar-refractivity contribution in [1.29, 1.82) is 0 Å². The molecule has 0 aliphatic carbocycles. The standard InChI is InChI=1S/C55H52O9/c1-57-48-35-43(53(56)58-2)33-34-47(48)63-54-52(61-38-42-25-13-5-14-26-42)51(60-37-41-23-11-4-12-24-41)50(59-36-40-21-9-3-10-22-40)49(64-54)39-62-55(44-27-15-6-16-28-44,45-29-17-7-18-30-45)46-31-19-8-20-32-46/h3-35,49-52,54H,36-39H2,1-2H3/t49-,50-,51+,52-,54-/m1/s1. The molecule has 0 radical (unpaired) electrons. The van der Waals surface area contributed by atoms with E-state index in [0.717, 1.165) is 33.4 Å². The molecule has 9 nitrogen and oxygen atoms in total. The molecule has 64 heavy (non-hydrogen) atoms. The van der Waals surface area contributed by atoms with Crippen molar-refractivity contribution in [2.75, 3.05) is 20.8 Å². The summed E-state index contributed by atoms with van der Waals surface area (Å²) in [4.78, 5) is 12.6. The normalized spacial score (nSPS) is 18.5. The second-order valence-electron chi connectivity index (χ2n) is 15.4. The van der Waals surface area contributed by atoms with Gasteiger partial charge in [0.15, 0.2) is 11.5 Å². The topological polar surface area (TPSA) is 90.9 Å². The van der Waals surface area contributed by atoms with Crippen LogP contribution in [0, 0.1) is 0 Å². The molecule has 0 aromatic heterocycles. The fourth-order valence-electron chi connectivity index (χ4n) is 8.09. The summed E-state index contributed by atoms with van der Waals surface area (Å²) in [7, 11) is 2.85. The van der Waals surface area contributed by atoms with E-state index in [0.29, 0.717) is 17.1 Å². The molecule has 7 aromatic carbocycles. The molecule has 7 aromatic rings. The molecule has 0 amide bonds. The van der Waals surface area contributed by atoms with Crippen LogP contribution in [0.15, 0.2) is 200 Å². The number of rotatable bonds is 19. The number of methoxy groups -OCH3 is 2. The van der Waals surface area contributed by atoms with Crippen molar-refractivity contribution in [2.45, 2.75) is 56.1 Å². The highest BCUT2D eigenvalue weighted by Gasteiger charge is 2.51. The van der Waals surface area contributed by atoms with Gasteiger partial charge < -0.3 is 37.9 Å². The number of ether oxygens (including phenoxy) is 8. The number of carbonyl (C=O) groups is 1. The van der Waals surface area contributed by atoms with Crippen LogP contribution in [0.2, 0.25) is 0 Å². The molecular formula is C55H52O9. The Morgan fingerprint density at radius 3 is 1.36 bits per heavy atom. The Kier molecular flexibility index (Phi) is 14.9. The molecule has 1 aliphatic heterocycles. The van der Waals surface area contributed by atoms with Gasteiger partial charge in [0.05, 0.1) is 46.2 Å². The fourth-order valence-corrected chi connectivity index (χ4v) is 8.09. The summed E-state index contributed by atoms with van der Waals surface area (Å²) in [5.41, 5.74) is 4.95. The quantitative estimate of drug-likeness (QED) is 0.0582. The predicted molar refractivity (Wildman–Crippen MR) is 244 cm³/mol. The first kappa shape index (κ1) is 44.0. The van der Waals surface area contributed by atoms with Crippen molar-refractivity contribution in [1.82, 2.24) is 0 Å². The van der Waals surface area contributed by atoms with Crippen LogP contribution in [-0.2, 0) is 53.8 Å². The first-order valence-corrected chi connectivity index (χ1v) is 21.4. The van der Waals surface area contributed by atoms with Crippen LogP contribution in [0.4, 0.5) is 0 Å². The molecule has 1 saturated heterocycles. The van der Waals surface area contributed by atoms with Crippen molar-refractivity contribution in [3.05, 3.63) is 239 Å². The summed E-state index contributed by atoms with van der Waals surface area (Å²) < 4.78 is 53.1. The molecule has 326 valence electrons. The Labute approximate surface area is 375 Å². The van der Waals surface area contributed by atoms with Crippen molar-refractivity contribution in [3.63, 3.8) is 0 Å². The van der Waals surface area contributed by atoms with E-state index in [4.69, 9.17) is 37.9 Å². The van der Waals surface area contributed by atoms with Gasteiger partial charge in [0, 0.05) is 0 Å². The van der Waals surface area contributed by atoms with E-state index >= 15 is 0 Å². The maximum absolute atomic E-state index is 12.6. The summed E-state index contributed by atoms with van der Waals surface area (Å²) in [6.07, 6.45) is -4.24. The highest BCUT2D eigenvalue weighted by Crippen LogP contribution is 2.42. The molecular weight excluding hydrogens is 805 g/mol. The van der Waals surface area contributed by atoms with Crippen LogP contribution in [0.3, 0.4) is 0 Å². The molecule has 5 atom stereocenters. The van der Waals surface area contributed by atoms with Gasteiger partial charge in [-0.2, -0.15) is 0 Å². The smallest absolute Gasteiger partial charge is 0.337 e. The van der Waals surface area contributed by atoms with Gasteiger partial charge in [-0.15, -0.1) is 0 Å². The van der Waals surface area contributed by atoms with Crippen LogP contribution >= 0.6 is 0 Å². The average Bonchev–Trinajstić information content (AvgIpc) is 3.37. The minimum atomic E-state index is -1.09. The van der Waals surface area contributed by atoms with Crippen LogP contribution < -0.4 is 9.47 Å². The average molecular weight is 857 g/mol. The third kappa shape index (κ3) is 10.4. The van der Waals surface area contributed by atoms with Gasteiger partial charge in [-0.05, 0) is 51.6 Å². The number of esters is 1. The zero-order chi connectivity index (χ0) is 44.0. The van der Waals surface area contributed by atoms with E-state index < -0.39 is 42.3 Å². The largest absolute Gasteiger partial charge is 0.493 e. The highest BCUT2D eigenvalue weighted by atomic mass is 16.7. The van der Waals surface area contributed by atoms with E-state index in [9.17, 15) is 4.79 Å². The van der Waals surface area contributed by atoms with Gasteiger partial charge in [0.2, 0.25) is 6.29 Å². The lowest BCUT2D eigenvalue weighted by atomic mass is 9.80. The Morgan fingerprint density at radius 2 is 0.922 bits per heavy atom. The minimum absolute atomic E-state index is 0.0347. The first-order valence-electron chi connectivity index (χ1n) is 21.4. The maximum Gasteiger partial charge on any atom is 0.337 e. The summed E-state index contributed by atoms with van der Waals surface area (Å²) >= 11 is 0. The van der Waals surface area contributed by atoms with Crippen LogP contribution in [-0.4, -0.2) is 57.5 Å². The van der Waals surface area contributed by atoms with Crippen molar-refractivity contribution >= 4 is 5.97 Å². The van der Waals surface area contributed by atoms with Crippen LogP contribution in [0.25, 0.3) is 0 Å². The van der Waals surface area contributed by atoms with Crippen LogP contribution in [0.1, 0.15) is 43.7 Å². The lowest BCUT2D eigenvalue weighted by Crippen LogP contribution is -2.63. The second kappa shape index (κ2) is 21.7. The third-order valence-corrected chi connectivity index (χ3v) is 11.3. The molecule has 0 spiro atoms. The van der Waals surface area contributed by atoms with E-state index in [1.165, 1.54) is 14.2 Å². The second-order valence-corrected chi connectivity index (χ2v) is 15.4. The van der Waals surface area contributed by atoms with Gasteiger partial charge in [0.25, 0.3) is 0 Å². The third-order valence-electron chi connectivity index (χ3n) is 11.3. The van der Waals surface area contributed by atoms with E-state index in [-0.39, 0.29) is 26.4 Å². The number of benzene rings is 7. The van der Waals surface area contributed by atoms with Gasteiger partial charge in [0.1, 0.15) is 30.0 Å². The van der Waals surface area contributed by atoms with E-state index in [2.05, 4.69) is 36.4 Å². The van der Waals surface area contributed by atoms with Gasteiger partial charge in [-0.1, -0.05) is 182 Å². The molecule has 1 heterocycles. The van der Waals surface area contributed by atoms with Crippen molar-refractivity contribution in [3.8, 4) is 11.5 Å². The Bertz CT molecular complexity index is 2380. The molecule has 0 saturated carbocycles. The summed E-state index contributed by atoms with van der Waals surface area (Å²) in [6.45, 7) is 0.774. The number of hydrogen-bond donors (Lipinski definition) is 0. The van der Waals surface area contributed by atoms with E-state index in [1.807, 2.05) is 146 Å². The lowest BCUT2D eigenvalue weighted by molar-refractivity contribution is -0.312. The molecule has 1 fully saturated rings. The molecule has 8 rings (SSSR count). The van der Waals surface area contributed by atoms with Crippen LogP contribution in [0.5, 0.6) is 11.5 Å². The molecule has 9 heteroatoms. The minimum Gasteiger partial charge on any atom is -0.493 e. The monoisotopic (exact) mass is 856 g/mol. The molecule has 1 aliphatic rings. The van der Waals surface area contributed by atoms with Crippen molar-refractivity contribution in [2.24, 2.45) is 0 Å². The first-order chi connectivity index (χ1) is 31.6. The Morgan fingerprint density at radius 1 is 0.500 bits per heavy atom.